The Morgan fingerprint density at radius 1 is 1.00 bits per heavy atom. The van der Waals surface area contributed by atoms with Crippen molar-refractivity contribution < 1.29 is 14.9 Å². The molecule has 0 spiro atoms. The minimum absolute atomic E-state index is 0.215. The van der Waals surface area contributed by atoms with E-state index < -0.39 is 5.79 Å². The molecule has 2 fully saturated rings. The van der Waals surface area contributed by atoms with E-state index >= 15 is 0 Å². The van der Waals surface area contributed by atoms with Crippen LogP contribution in [0.3, 0.4) is 0 Å². The van der Waals surface area contributed by atoms with Crippen LogP contribution in [0.15, 0.2) is 0 Å². The maximum atomic E-state index is 9.35. The van der Waals surface area contributed by atoms with Gasteiger partial charge in [0.25, 0.3) is 0 Å². The lowest BCUT2D eigenvalue weighted by Crippen LogP contribution is -2.38. The third-order valence-corrected chi connectivity index (χ3v) is 4.62. The maximum absolute atomic E-state index is 9.35. The molecule has 1 saturated carbocycles. The van der Waals surface area contributed by atoms with Gasteiger partial charge in [-0.15, -0.1) is 0 Å². The molecule has 1 heterocycles. The Morgan fingerprint density at radius 3 is 2.28 bits per heavy atom. The molecule has 0 amide bonds. The van der Waals surface area contributed by atoms with Crippen molar-refractivity contribution in [3.05, 3.63) is 0 Å². The van der Waals surface area contributed by atoms with Crippen molar-refractivity contribution in [3.63, 3.8) is 0 Å². The summed E-state index contributed by atoms with van der Waals surface area (Å²) < 4.78 is 5.93. The summed E-state index contributed by atoms with van der Waals surface area (Å²) in [5.74, 6) is -0.324. The lowest BCUT2D eigenvalue weighted by atomic mass is 9.86. The number of rotatable bonds is 1. The summed E-state index contributed by atoms with van der Waals surface area (Å²) in [4.78, 5) is 4.85. The SMILES string of the molecule is CC1CC2CCCCCCCCCCC2(OO)O1. The zero-order valence-electron chi connectivity index (χ0n) is 11.7. The first-order chi connectivity index (χ1) is 8.77. The summed E-state index contributed by atoms with van der Waals surface area (Å²) in [6.07, 6.45) is 13.5. The monoisotopic (exact) mass is 256 g/mol. The highest BCUT2D eigenvalue weighted by molar-refractivity contribution is 4.87. The van der Waals surface area contributed by atoms with Crippen LogP contribution in [0.2, 0.25) is 0 Å². The Bertz CT molecular complexity index is 244. The van der Waals surface area contributed by atoms with Gasteiger partial charge in [0.15, 0.2) is 0 Å². The molecule has 3 unspecified atom stereocenters. The fraction of sp³-hybridized carbons (Fsp3) is 1.00. The highest BCUT2D eigenvalue weighted by Gasteiger charge is 2.48. The molecule has 1 saturated heterocycles. The van der Waals surface area contributed by atoms with E-state index in [0.717, 1.165) is 25.7 Å². The highest BCUT2D eigenvalue weighted by Crippen LogP contribution is 2.43. The summed E-state index contributed by atoms with van der Waals surface area (Å²) >= 11 is 0. The van der Waals surface area contributed by atoms with Gasteiger partial charge in [-0.1, -0.05) is 44.9 Å². The molecule has 2 rings (SSSR count). The van der Waals surface area contributed by atoms with E-state index in [1.807, 2.05) is 0 Å². The highest BCUT2D eigenvalue weighted by atomic mass is 17.1. The Hall–Kier alpha value is -0.120. The van der Waals surface area contributed by atoms with E-state index in [-0.39, 0.29) is 6.10 Å². The first-order valence-corrected chi connectivity index (χ1v) is 7.77. The van der Waals surface area contributed by atoms with Crippen molar-refractivity contribution in [2.75, 3.05) is 0 Å². The van der Waals surface area contributed by atoms with Crippen LogP contribution in [0.4, 0.5) is 0 Å². The molecule has 0 aromatic rings. The topological polar surface area (TPSA) is 38.7 Å². The largest absolute Gasteiger partial charge is 0.344 e. The number of fused-ring (bicyclic) bond motifs is 1. The van der Waals surface area contributed by atoms with Gasteiger partial charge < -0.3 is 4.74 Å². The van der Waals surface area contributed by atoms with Crippen LogP contribution >= 0.6 is 0 Å². The fourth-order valence-corrected chi connectivity index (χ4v) is 3.63. The van der Waals surface area contributed by atoms with Gasteiger partial charge in [-0.25, -0.2) is 10.1 Å². The molecule has 0 aromatic carbocycles. The van der Waals surface area contributed by atoms with E-state index in [0.29, 0.717) is 5.92 Å². The van der Waals surface area contributed by atoms with Crippen LogP contribution in [0, 0.1) is 5.92 Å². The van der Waals surface area contributed by atoms with Crippen LogP contribution in [0.25, 0.3) is 0 Å². The van der Waals surface area contributed by atoms with E-state index in [9.17, 15) is 5.26 Å². The van der Waals surface area contributed by atoms with Crippen LogP contribution in [-0.2, 0) is 9.62 Å². The molecule has 1 aliphatic heterocycles. The third-order valence-electron chi connectivity index (χ3n) is 4.62. The van der Waals surface area contributed by atoms with Gasteiger partial charge in [-0.3, -0.25) is 0 Å². The van der Waals surface area contributed by atoms with Gasteiger partial charge >= 0.3 is 0 Å². The molecular weight excluding hydrogens is 228 g/mol. The van der Waals surface area contributed by atoms with Crippen molar-refractivity contribution in [2.24, 2.45) is 5.92 Å². The van der Waals surface area contributed by atoms with Gasteiger partial charge in [0.1, 0.15) is 0 Å². The van der Waals surface area contributed by atoms with Gasteiger partial charge in [0.2, 0.25) is 5.79 Å². The number of hydrogen-bond acceptors (Lipinski definition) is 3. The molecular formula is C15H28O3. The van der Waals surface area contributed by atoms with E-state index in [2.05, 4.69) is 6.92 Å². The van der Waals surface area contributed by atoms with Gasteiger partial charge in [0.05, 0.1) is 6.10 Å². The summed E-state index contributed by atoms with van der Waals surface area (Å²) in [5.41, 5.74) is 0. The predicted octanol–water partition coefficient (Wildman–Crippen LogP) is 4.51. The molecule has 0 radical (unpaired) electrons. The van der Waals surface area contributed by atoms with Crippen molar-refractivity contribution in [1.29, 1.82) is 0 Å². The number of ether oxygens (including phenoxy) is 1. The first-order valence-electron chi connectivity index (χ1n) is 7.77. The predicted molar refractivity (Wildman–Crippen MR) is 71.3 cm³/mol. The quantitative estimate of drug-likeness (QED) is 0.554. The van der Waals surface area contributed by atoms with Crippen LogP contribution in [-0.4, -0.2) is 17.1 Å². The Morgan fingerprint density at radius 2 is 1.61 bits per heavy atom. The third kappa shape index (κ3) is 3.46. The molecule has 0 bridgehead atoms. The molecule has 3 nitrogen and oxygen atoms in total. The normalized spacial score (nSPS) is 39.7. The average Bonchev–Trinajstić information content (AvgIpc) is 2.66. The molecule has 2 aliphatic rings. The summed E-state index contributed by atoms with van der Waals surface area (Å²) in [5, 5.41) is 9.35. The first kappa shape index (κ1) is 14.3. The van der Waals surface area contributed by atoms with Crippen molar-refractivity contribution in [1.82, 2.24) is 0 Å². The second-order valence-corrected chi connectivity index (χ2v) is 6.13. The summed E-state index contributed by atoms with van der Waals surface area (Å²) in [6, 6.07) is 0. The molecule has 3 heteroatoms. The minimum Gasteiger partial charge on any atom is -0.344 e. The maximum Gasteiger partial charge on any atom is 0.204 e. The molecule has 1 N–H and O–H groups in total. The van der Waals surface area contributed by atoms with Crippen LogP contribution in [0.1, 0.15) is 77.6 Å². The zero-order chi connectivity index (χ0) is 12.8. The molecule has 3 atom stereocenters. The summed E-state index contributed by atoms with van der Waals surface area (Å²) in [6.45, 7) is 2.09. The smallest absolute Gasteiger partial charge is 0.204 e. The van der Waals surface area contributed by atoms with E-state index in [1.165, 1.54) is 44.9 Å². The fourth-order valence-electron chi connectivity index (χ4n) is 3.63. The van der Waals surface area contributed by atoms with Gasteiger partial charge in [-0.05, 0) is 26.2 Å². The van der Waals surface area contributed by atoms with Crippen molar-refractivity contribution >= 4 is 0 Å². The van der Waals surface area contributed by atoms with Crippen molar-refractivity contribution in [2.45, 2.75) is 89.4 Å². The minimum atomic E-state index is -0.696. The Balaban J connectivity index is 1.98. The second kappa shape index (κ2) is 6.88. The van der Waals surface area contributed by atoms with Crippen molar-refractivity contribution in [3.8, 4) is 0 Å². The zero-order valence-corrected chi connectivity index (χ0v) is 11.7. The second-order valence-electron chi connectivity index (χ2n) is 6.13. The average molecular weight is 256 g/mol. The van der Waals surface area contributed by atoms with E-state index in [1.54, 1.807) is 0 Å². The van der Waals surface area contributed by atoms with E-state index in [4.69, 9.17) is 9.62 Å². The number of hydrogen-bond donors (Lipinski definition) is 1. The Labute approximate surface area is 111 Å². The van der Waals surface area contributed by atoms with Gasteiger partial charge in [-0.2, -0.15) is 0 Å². The summed E-state index contributed by atoms with van der Waals surface area (Å²) in [7, 11) is 0. The molecule has 0 aromatic heterocycles. The molecule has 106 valence electrons. The standard InChI is InChI=1S/C15H28O3/c1-13-12-14-10-8-6-4-2-3-5-7-9-11-15(14,17-13)18-16/h13-14,16H,2-12H2,1H3. The molecule has 1 aliphatic carbocycles. The van der Waals surface area contributed by atoms with Gasteiger partial charge in [0, 0.05) is 12.3 Å². The lowest BCUT2D eigenvalue weighted by Gasteiger charge is -2.31. The van der Waals surface area contributed by atoms with Crippen LogP contribution < -0.4 is 0 Å². The Kier molecular flexibility index (Phi) is 5.46. The lowest BCUT2D eigenvalue weighted by molar-refractivity contribution is -0.411. The van der Waals surface area contributed by atoms with Crippen LogP contribution in [0.5, 0.6) is 0 Å². The molecule has 18 heavy (non-hydrogen) atoms.